The Balaban J connectivity index is 0. The number of rotatable bonds is 3. The van der Waals surface area contributed by atoms with Gasteiger partial charge in [-0.15, -0.1) is 0 Å². The number of thiol groups is 1. The van der Waals surface area contributed by atoms with Crippen LogP contribution in [0.2, 0.25) is 0 Å². The zero-order valence-corrected chi connectivity index (χ0v) is 7.55. The van der Waals surface area contributed by atoms with Crippen LogP contribution < -0.4 is 5.73 Å². The van der Waals surface area contributed by atoms with Crippen LogP contribution in [0.1, 0.15) is 0 Å². The van der Waals surface area contributed by atoms with Gasteiger partial charge in [0.2, 0.25) is 0 Å². The minimum atomic E-state index is -4.04. The van der Waals surface area contributed by atoms with Crippen molar-refractivity contribution in [3.05, 3.63) is 0 Å². The molecule has 0 aromatic carbocycles. The quantitative estimate of drug-likeness (QED) is 0.344. The van der Waals surface area contributed by atoms with E-state index in [1.807, 2.05) is 0 Å². The van der Waals surface area contributed by atoms with Gasteiger partial charge in [0.05, 0.1) is 0 Å². The second-order valence-corrected chi connectivity index (χ2v) is 4.74. The number of hydrogen-bond donors (Lipinski definition) is 4. The van der Waals surface area contributed by atoms with Crippen LogP contribution in [-0.4, -0.2) is 58.7 Å². The third-order valence-electron chi connectivity index (χ3n) is 0.559. The van der Waals surface area contributed by atoms with Crippen molar-refractivity contribution in [3.63, 3.8) is 0 Å². The van der Waals surface area contributed by atoms with Crippen LogP contribution in [0.3, 0.4) is 0 Å². The molecule has 0 aromatic heterocycles. The van der Waals surface area contributed by atoms with Gasteiger partial charge >= 0.3 is 96.4 Å². The van der Waals surface area contributed by atoms with Gasteiger partial charge < -0.3 is 0 Å². The van der Waals surface area contributed by atoms with Crippen LogP contribution >= 0.6 is 0 Å². The summed E-state index contributed by atoms with van der Waals surface area (Å²) in [5.41, 5.74) is 5.03. The summed E-state index contributed by atoms with van der Waals surface area (Å²) in [5, 5.41) is 0. The molecular formula is C2H10AuN2NaO3S. The first-order chi connectivity index (χ1) is 3.98. The third kappa shape index (κ3) is 6.44. The summed E-state index contributed by atoms with van der Waals surface area (Å²) in [6.07, 6.45) is 0. The molecule has 0 aromatic rings. The first-order valence-electron chi connectivity index (χ1n) is 2.14. The molecule has 0 amide bonds. The summed E-state index contributed by atoms with van der Waals surface area (Å²) in [7, 11) is -4.04. The summed E-state index contributed by atoms with van der Waals surface area (Å²) >= 11 is 1.72. The molecular weight excluding hydrogens is 352 g/mol. The Labute approximate surface area is 95.5 Å². The van der Waals surface area contributed by atoms with Crippen LogP contribution in [-0.2, 0) is 32.0 Å². The first kappa shape index (κ1) is 14.3. The molecule has 0 heterocycles. The Hall–Kier alpha value is 1.73. The molecule has 0 saturated carbocycles. The van der Waals surface area contributed by atoms with Gasteiger partial charge in [0.25, 0.3) is 0 Å². The Morgan fingerprint density at radius 2 is 2.00 bits per heavy atom. The summed E-state index contributed by atoms with van der Waals surface area (Å²) in [5.74, 6) is 0. The molecule has 4 N–H and O–H groups in total. The molecule has 0 atom stereocenters. The van der Waals surface area contributed by atoms with E-state index >= 15 is 0 Å². The molecule has 0 aliphatic rings. The first-order valence-corrected chi connectivity index (χ1v) is 4.68. The summed E-state index contributed by atoms with van der Waals surface area (Å²) < 4.78 is 27.9. The molecule has 8 heteroatoms. The van der Waals surface area contributed by atoms with E-state index in [-0.39, 0.29) is 42.6 Å². The Kier molecular flexibility index (Phi) is 8.94. The molecule has 64 valence electrons. The molecule has 0 unspecified atom stereocenters. The predicted molar refractivity (Wildman–Crippen MR) is 37.7 cm³/mol. The standard InChI is InChI=1S/C2H9N2O3S.Au.Na.H/c3-1-2-4-8(5,6)7;;;/h8H,1-3H2,(H2-,4,5,6,7);;;/q-1;+1;;. The van der Waals surface area contributed by atoms with Crippen molar-refractivity contribution in [2.24, 2.45) is 5.73 Å². The number of hydrogen-bond acceptors (Lipinski definition) is 2. The molecule has 0 bridgehead atoms. The Morgan fingerprint density at radius 1 is 1.60 bits per heavy atom. The second-order valence-electron chi connectivity index (χ2n) is 1.32. The SMILES string of the molecule is NCC[N]([Au])[SH](=O)(O)O.[NaH]. The average molecular weight is 362 g/mol. The van der Waals surface area contributed by atoms with Crippen molar-refractivity contribution < 1.29 is 34.6 Å². The van der Waals surface area contributed by atoms with E-state index in [1.165, 1.54) is 0 Å². The topological polar surface area (TPSA) is 86.8 Å². The van der Waals surface area contributed by atoms with Gasteiger partial charge in [-0.3, -0.25) is 0 Å². The van der Waals surface area contributed by atoms with Crippen LogP contribution in [0.15, 0.2) is 0 Å². The van der Waals surface area contributed by atoms with E-state index in [1.54, 1.807) is 21.3 Å². The molecule has 10 heavy (non-hydrogen) atoms. The van der Waals surface area contributed by atoms with Crippen molar-refractivity contribution >= 4 is 40.2 Å². The van der Waals surface area contributed by atoms with Crippen molar-refractivity contribution in [3.8, 4) is 0 Å². The zero-order valence-electron chi connectivity index (χ0n) is 4.49. The van der Waals surface area contributed by atoms with Crippen molar-refractivity contribution in [1.29, 1.82) is 0 Å². The Morgan fingerprint density at radius 3 is 2.10 bits per heavy atom. The van der Waals surface area contributed by atoms with Crippen LogP contribution in [0.25, 0.3) is 0 Å². The monoisotopic (exact) mass is 362 g/mol. The van der Waals surface area contributed by atoms with E-state index in [9.17, 15) is 4.21 Å². The summed E-state index contributed by atoms with van der Waals surface area (Å²) in [6, 6.07) is 0. The van der Waals surface area contributed by atoms with Gasteiger partial charge in [-0.05, 0) is 0 Å². The van der Waals surface area contributed by atoms with Crippen LogP contribution in [0.5, 0.6) is 0 Å². The summed E-state index contributed by atoms with van der Waals surface area (Å²) in [6.45, 7) is 0.426. The van der Waals surface area contributed by atoms with E-state index < -0.39 is 10.7 Å². The van der Waals surface area contributed by atoms with E-state index in [0.717, 1.165) is 2.71 Å². The van der Waals surface area contributed by atoms with Gasteiger partial charge in [-0.25, -0.2) is 0 Å². The molecule has 0 aliphatic heterocycles. The minimum absolute atomic E-state index is 0. The van der Waals surface area contributed by atoms with Gasteiger partial charge in [-0.2, -0.15) is 0 Å². The van der Waals surface area contributed by atoms with Gasteiger partial charge in [0.1, 0.15) is 0 Å². The number of nitrogens with zero attached hydrogens (tertiary/aromatic N) is 1. The zero-order chi connectivity index (χ0) is 7.49. The van der Waals surface area contributed by atoms with E-state index in [0.29, 0.717) is 0 Å². The predicted octanol–water partition coefficient (Wildman–Crippen LogP) is -2.06. The fourth-order valence-electron chi connectivity index (χ4n) is 0.227. The average Bonchev–Trinajstić information content (AvgIpc) is 1.64. The molecule has 5 nitrogen and oxygen atoms in total. The summed E-state index contributed by atoms with van der Waals surface area (Å²) in [4.78, 5) is 0. The normalized spacial score (nSPS) is 13.0. The fraction of sp³-hybridized carbons (Fsp3) is 1.00. The van der Waals surface area contributed by atoms with E-state index in [2.05, 4.69) is 0 Å². The van der Waals surface area contributed by atoms with E-state index in [4.69, 9.17) is 14.8 Å². The van der Waals surface area contributed by atoms with Gasteiger partial charge in [0, 0.05) is 0 Å². The molecule has 0 saturated heterocycles. The molecule has 0 spiro atoms. The fourth-order valence-corrected chi connectivity index (χ4v) is 0.883. The number of nitrogens with two attached hydrogens (primary N) is 1. The molecule has 0 aliphatic carbocycles. The van der Waals surface area contributed by atoms with Gasteiger partial charge in [0.15, 0.2) is 0 Å². The van der Waals surface area contributed by atoms with Crippen molar-refractivity contribution in [1.82, 2.24) is 2.71 Å². The second kappa shape index (κ2) is 6.27. The molecule has 0 rings (SSSR count). The molecule has 0 fully saturated rings. The van der Waals surface area contributed by atoms with Crippen molar-refractivity contribution in [2.45, 2.75) is 0 Å². The Bertz CT molecular complexity index is 130. The van der Waals surface area contributed by atoms with Crippen molar-refractivity contribution in [2.75, 3.05) is 13.1 Å². The van der Waals surface area contributed by atoms with Crippen LogP contribution in [0.4, 0.5) is 0 Å². The van der Waals surface area contributed by atoms with Gasteiger partial charge in [-0.1, -0.05) is 0 Å². The maximum absolute atomic E-state index is 10.3. The third-order valence-corrected chi connectivity index (χ3v) is 3.46. The van der Waals surface area contributed by atoms with Crippen LogP contribution in [0, 0.1) is 0 Å². The maximum atomic E-state index is 10.3. The molecule has 0 radical (unpaired) electrons.